The Morgan fingerprint density at radius 3 is 1.86 bits per heavy atom. The van der Waals surface area contributed by atoms with Crippen molar-refractivity contribution in [2.45, 2.75) is 30.9 Å². The molecule has 2 aromatic rings. The lowest BCUT2D eigenvalue weighted by atomic mass is 10.0. The van der Waals surface area contributed by atoms with Gasteiger partial charge in [-0.1, -0.05) is 12.1 Å². The predicted molar refractivity (Wildman–Crippen MR) is 111 cm³/mol. The molecule has 0 heterocycles. The lowest BCUT2D eigenvalue weighted by molar-refractivity contribution is 0.102. The van der Waals surface area contributed by atoms with Gasteiger partial charge < -0.3 is 10.4 Å². The van der Waals surface area contributed by atoms with Crippen LogP contribution in [0.1, 0.15) is 15.9 Å². The van der Waals surface area contributed by atoms with Gasteiger partial charge in [0.15, 0.2) is 0 Å². The van der Waals surface area contributed by atoms with Crippen molar-refractivity contribution in [3.05, 3.63) is 42.0 Å². The van der Waals surface area contributed by atoms with E-state index >= 15 is 0 Å². The van der Waals surface area contributed by atoms with Crippen LogP contribution in [0.15, 0.2) is 55.3 Å². The third kappa shape index (κ3) is 4.95. The summed E-state index contributed by atoms with van der Waals surface area (Å²) in [5.74, 6) is -1.10. The molecule has 0 radical (unpaired) electrons. The van der Waals surface area contributed by atoms with Crippen LogP contribution in [0.3, 0.4) is 0 Å². The molecule has 0 saturated carbocycles. The van der Waals surface area contributed by atoms with Gasteiger partial charge in [0, 0.05) is 11.1 Å². The van der Waals surface area contributed by atoms with Crippen LogP contribution < -0.4 is 5.32 Å². The van der Waals surface area contributed by atoms with E-state index in [2.05, 4.69) is 11.9 Å². The summed E-state index contributed by atoms with van der Waals surface area (Å²) < 4.78 is 67.2. The van der Waals surface area contributed by atoms with Crippen LogP contribution in [0.5, 0.6) is 5.75 Å². The summed E-state index contributed by atoms with van der Waals surface area (Å²) in [5.41, 5.74) is -0.400. The smallest absolute Gasteiger partial charge is 0.256 e. The maximum absolute atomic E-state index is 13.6. The van der Waals surface area contributed by atoms with Crippen LogP contribution >= 0.6 is 60.7 Å². The highest BCUT2D eigenvalue weighted by atomic mass is 32.2. The van der Waals surface area contributed by atoms with E-state index in [9.17, 15) is 29.3 Å². The Labute approximate surface area is 185 Å². The Hall–Kier alpha value is -1.15. The molecule has 13 heteroatoms. The number of anilines is 1. The summed E-state index contributed by atoms with van der Waals surface area (Å²) in [7, 11) is 0. The predicted octanol–water partition coefficient (Wildman–Crippen LogP) is 8.26. The minimum absolute atomic E-state index is 0.0395. The molecule has 0 bridgehead atoms. The number of carbonyl (C=O) groups is 1. The van der Waals surface area contributed by atoms with Crippen LogP contribution in [0.25, 0.3) is 0 Å². The fraction of sp³-hybridized carbons (Fsp3) is 0.0625. The van der Waals surface area contributed by atoms with E-state index in [1.807, 2.05) is 0 Å². The van der Waals surface area contributed by atoms with Crippen molar-refractivity contribution in [3.8, 4) is 5.75 Å². The Bertz CT molecular complexity index is 898. The summed E-state index contributed by atoms with van der Waals surface area (Å²) in [6, 6.07) is 4.06. The van der Waals surface area contributed by atoms with Crippen molar-refractivity contribution >= 4 is 72.3 Å². The van der Waals surface area contributed by atoms with Gasteiger partial charge in [-0.3, -0.25) is 4.79 Å². The van der Waals surface area contributed by atoms with E-state index in [0.29, 0.717) is 0 Å². The molecule has 2 rings (SSSR count). The Balaban J connectivity index is 2.68. The summed E-state index contributed by atoms with van der Waals surface area (Å²) in [6.07, 6.45) is 1.54. The van der Waals surface area contributed by atoms with Gasteiger partial charge in [-0.2, -0.15) is 19.4 Å². The molecule has 0 saturated heterocycles. The highest BCUT2D eigenvalue weighted by Crippen LogP contribution is 2.54. The van der Waals surface area contributed by atoms with E-state index in [-0.39, 0.29) is 23.3 Å². The number of hydrogen-bond acceptors (Lipinski definition) is 7. The van der Waals surface area contributed by atoms with Crippen molar-refractivity contribution in [2.75, 3.05) is 5.32 Å². The maximum atomic E-state index is 13.6. The number of rotatable bonds is 9. The number of carbonyl (C=O) groups excluding carboxylic acids is 1. The number of amides is 1. The standard InChI is InChI=1S/C16H10F5NO2S5/c1-2-4-7-8(5-3-6-9(7)23)16(24)22-10-11(25-17)13(27-19)15(29-21)14(28-20)12(10)26-18/h2-3,5-6,23H,1,4H2,(H,22,24). The van der Waals surface area contributed by atoms with Gasteiger partial charge in [0.05, 0.1) is 90.9 Å². The van der Waals surface area contributed by atoms with Gasteiger partial charge in [0.25, 0.3) is 5.91 Å². The summed E-state index contributed by atoms with van der Waals surface area (Å²) in [6.45, 7) is 3.53. The third-order valence-corrected chi connectivity index (χ3v) is 6.98. The van der Waals surface area contributed by atoms with Crippen LogP contribution in [-0.4, -0.2) is 11.0 Å². The second-order valence-corrected chi connectivity index (χ2v) is 7.97. The number of phenolic OH excluding ortho intramolecular Hbond substituents is 1. The molecule has 0 atom stereocenters. The molecular weight excluding hydrogens is 494 g/mol. The number of benzene rings is 2. The monoisotopic (exact) mass is 503 g/mol. The number of phenols is 1. The van der Waals surface area contributed by atoms with Crippen molar-refractivity contribution in [1.29, 1.82) is 0 Å². The van der Waals surface area contributed by atoms with Crippen molar-refractivity contribution in [2.24, 2.45) is 0 Å². The average molecular weight is 504 g/mol. The van der Waals surface area contributed by atoms with Gasteiger partial charge in [-0.15, -0.1) is 6.58 Å². The summed E-state index contributed by atoms with van der Waals surface area (Å²) in [4.78, 5) is 9.60. The largest absolute Gasteiger partial charge is 0.508 e. The molecule has 0 unspecified atom stereocenters. The van der Waals surface area contributed by atoms with E-state index in [1.54, 1.807) is 0 Å². The highest BCUT2D eigenvalue weighted by Gasteiger charge is 2.29. The third-order valence-electron chi connectivity index (χ3n) is 3.65. The van der Waals surface area contributed by atoms with Gasteiger partial charge in [-0.25, -0.2) is 0 Å². The van der Waals surface area contributed by atoms with Crippen LogP contribution in [0.4, 0.5) is 25.1 Å². The van der Waals surface area contributed by atoms with E-state index < -0.39 is 96.8 Å². The zero-order chi connectivity index (χ0) is 21.6. The number of aromatic hydroxyl groups is 1. The summed E-state index contributed by atoms with van der Waals surface area (Å²) >= 11 is -2.81. The maximum Gasteiger partial charge on any atom is 0.256 e. The molecule has 2 aromatic carbocycles. The van der Waals surface area contributed by atoms with Crippen molar-refractivity contribution in [3.63, 3.8) is 0 Å². The topological polar surface area (TPSA) is 49.3 Å². The first-order valence-electron chi connectivity index (χ1n) is 7.38. The number of nitrogens with one attached hydrogen (secondary N) is 1. The van der Waals surface area contributed by atoms with E-state index in [4.69, 9.17) is 0 Å². The van der Waals surface area contributed by atoms with Gasteiger partial charge >= 0.3 is 0 Å². The van der Waals surface area contributed by atoms with Gasteiger partial charge in [-0.05, 0) is 18.6 Å². The normalized spacial score (nSPS) is 10.8. The van der Waals surface area contributed by atoms with Crippen LogP contribution in [0.2, 0.25) is 0 Å². The van der Waals surface area contributed by atoms with Crippen molar-refractivity contribution < 1.29 is 29.3 Å². The first kappa shape index (κ1) is 24.1. The second kappa shape index (κ2) is 11.3. The molecule has 0 fully saturated rings. The molecule has 1 amide bonds. The molecule has 0 aromatic heterocycles. The first-order chi connectivity index (χ1) is 14.0. The van der Waals surface area contributed by atoms with E-state index in [0.717, 1.165) is 0 Å². The Kier molecular flexibility index (Phi) is 9.40. The van der Waals surface area contributed by atoms with Crippen molar-refractivity contribution in [1.82, 2.24) is 0 Å². The lowest BCUT2D eigenvalue weighted by Crippen LogP contribution is -2.16. The van der Waals surface area contributed by atoms with E-state index in [1.165, 1.54) is 24.3 Å². The number of halogens is 5. The highest BCUT2D eigenvalue weighted by molar-refractivity contribution is 8.00. The fourth-order valence-corrected chi connectivity index (χ4v) is 5.29. The Morgan fingerprint density at radius 2 is 1.41 bits per heavy atom. The molecule has 3 nitrogen and oxygen atoms in total. The molecule has 0 aliphatic rings. The minimum Gasteiger partial charge on any atom is -0.508 e. The molecule has 29 heavy (non-hydrogen) atoms. The molecule has 2 N–H and O–H groups in total. The molecule has 0 aliphatic carbocycles. The fourth-order valence-electron chi connectivity index (χ4n) is 2.44. The zero-order valence-electron chi connectivity index (χ0n) is 14.0. The minimum atomic E-state index is -0.895. The lowest BCUT2D eigenvalue weighted by Gasteiger charge is -2.18. The zero-order valence-corrected chi connectivity index (χ0v) is 18.1. The van der Waals surface area contributed by atoms with Gasteiger partial charge in [0.2, 0.25) is 0 Å². The molecule has 0 aliphatic heterocycles. The first-order valence-corrected chi connectivity index (χ1v) is 11.0. The number of allylic oxidation sites excluding steroid dienone is 1. The van der Waals surface area contributed by atoms with Gasteiger partial charge in [0.1, 0.15) is 5.75 Å². The molecular formula is C16H10F5NO2S5. The molecule has 0 spiro atoms. The van der Waals surface area contributed by atoms with Crippen LogP contribution in [-0.2, 0) is 6.42 Å². The second-order valence-electron chi connectivity index (χ2n) is 5.16. The Morgan fingerprint density at radius 1 is 0.931 bits per heavy atom. The number of hydrogen-bond donors (Lipinski definition) is 2. The van der Waals surface area contributed by atoms with Crippen LogP contribution in [0, 0.1) is 0 Å². The summed E-state index contributed by atoms with van der Waals surface area (Å²) in [5, 5.41) is 12.2. The quantitative estimate of drug-likeness (QED) is 0.264. The SMILES string of the molecule is C=CCc1c(O)cccc1C(=O)Nc1c(SF)c(SF)c(SF)c(SF)c1SF. The average Bonchev–Trinajstić information content (AvgIpc) is 2.73. The molecule has 156 valence electrons.